The van der Waals surface area contributed by atoms with Gasteiger partial charge in [-0.2, -0.15) is 0 Å². The number of hydrogen-bond donors (Lipinski definition) is 2. The summed E-state index contributed by atoms with van der Waals surface area (Å²) in [6.07, 6.45) is 2.08. The van der Waals surface area contributed by atoms with Gasteiger partial charge >= 0.3 is 0 Å². The maximum atomic E-state index is 5.98. The molecule has 27 heavy (non-hydrogen) atoms. The number of fused-ring (bicyclic) bond motifs is 1. The van der Waals surface area contributed by atoms with E-state index in [1.165, 1.54) is 5.56 Å². The largest absolute Gasteiger partial charge is 0.357 e. The van der Waals surface area contributed by atoms with E-state index in [0.717, 1.165) is 55.1 Å². The standard InChI is InChI=1S/C19H27ClN6.HI/c1-4-21-19(23-13(2)16-6-8-17(20)9-7-16)22-11-15-5-10-18-25-24-14(3)26(18)12-15;/h6-9,13,15H,4-5,10-12H2,1-3H3,(H2,21,22,23);1H. The Labute approximate surface area is 183 Å². The number of nitrogens with zero attached hydrogens (tertiary/aromatic N) is 4. The molecule has 0 saturated heterocycles. The molecule has 3 rings (SSSR count). The fourth-order valence-electron chi connectivity index (χ4n) is 3.26. The normalized spacial score (nSPS) is 17.6. The minimum atomic E-state index is 0. The molecule has 1 aliphatic heterocycles. The zero-order chi connectivity index (χ0) is 18.5. The van der Waals surface area contributed by atoms with Gasteiger partial charge in [-0.15, -0.1) is 34.2 Å². The molecule has 2 unspecified atom stereocenters. The molecule has 0 amide bonds. The highest BCUT2D eigenvalue weighted by atomic mass is 127. The molecule has 1 aromatic heterocycles. The Kier molecular flexibility index (Phi) is 8.34. The van der Waals surface area contributed by atoms with Crippen molar-refractivity contribution in [2.45, 2.75) is 46.2 Å². The Morgan fingerprint density at radius 1 is 1.33 bits per heavy atom. The molecule has 2 heterocycles. The van der Waals surface area contributed by atoms with Crippen LogP contribution in [0.2, 0.25) is 5.02 Å². The summed E-state index contributed by atoms with van der Waals surface area (Å²) in [7, 11) is 0. The number of aliphatic imine (C=N–C) groups is 1. The molecule has 0 spiro atoms. The zero-order valence-electron chi connectivity index (χ0n) is 16.1. The lowest BCUT2D eigenvalue weighted by molar-refractivity contribution is 0.369. The average molecular weight is 503 g/mol. The summed E-state index contributed by atoms with van der Waals surface area (Å²) in [4.78, 5) is 4.82. The van der Waals surface area contributed by atoms with Crippen molar-refractivity contribution in [3.05, 3.63) is 46.5 Å². The van der Waals surface area contributed by atoms with Gasteiger partial charge in [0.2, 0.25) is 0 Å². The second-order valence-electron chi connectivity index (χ2n) is 6.82. The second kappa shape index (κ2) is 10.3. The summed E-state index contributed by atoms with van der Waals surface area (Å²) in [5, 5.41) is 16.0. The van der Waals surface area contributed by atoms with Crippen LogP contribution in [-0.4, -0.2) is 33.8 Å². The van der Waals surface area contributed by atoms with Crippen LogP contribution < -0.4 is 10.6 Å². The maximum Gasteiger partial charge on any atom is 0.191 e. The predicted molar refractivity (Wildman–Crippen MR) is 121 cm³/mol. The predicted octanol–water partition coefficient (Wildman–Crippen LogP) is 3.74. The Hall–Kier alpha value is -1.35. The van der Waals surface area contributed by atoms with Crippen LogP contribution in [0.25, 0.3) is 0 Å². The fourth-order valence-corrected chi connectivity index (χ4v) is 3.39. The van der Waals surface area contributed by atoms with Gasteiger partial charge in [0.25, 0.3) is 0 Å². The van der Waals surface area contributed by atoms with E-state index in [4.69, 9.17) is 16.6 Å². The van der Waals surface area contributed by atoms with Crippen molar-refractivity contribution in [2.24, 2.45) is 10.9 Å². The van der Waals surface area contributed by atoms with Crippen LogP contribution in [0.1, 0.15) is 43.5 Å². The van der Waals surface area contributed by atoms with E-state index >= 15 is 0 Å². The van der Waals surface area contributed by atoms with E-state index in [0.29, 0.717) is 5.92 Å². The minimum Gasteiger partial charge on any atom is -0.357 e. The number of aryl methyl sites for hydroxylation is 2. The molecular formula is C19H28ClIN6. The van der Waals surface area contributed by atoms with Gasteiger partial charge in [-0.05, 0) is 50.8 Å². The lowest BCUT2D eigenvalue weighted by Crippen LogP contribution is -2.39. The molecular weight excluding hydrogens is 475 g/mol. The molecule has 1 aliphatic rings. The van der Waals surface area contributed by atoms with Crippen LogP contribution in [0, 0.1) is 12.8 Å². The molecule has 2 atom stereocenters. The monoisotopic (exact) mass is 502 g/mol. The lowest BCUT2D eigenvalue weighted by Gasteiger charge is -2.23. The third-order valence-electron chi connectivity index (χ3n) is 4.80. The van der Waals surface area contributed by atoms with E-state index in [9.17, 15) is 0 Å². The van der Waals surface area contributed by atoms with Crippen molar-refractivity contribution in [1.82, 2.24) is 25.4 Å². The van der Waals surface area contributed by atoms with Crippen molar-refractivity contribution < 1.29 is 0 Å². The highest BCUT2D eigenvalue weighted by Gasteiger charge is 2.21. The summed E-state index contributed by atoms with van der Waals surface area (Å²) in [6.45, 7) is 8.80. The second-order valence-corrected chi connectivity index (χ2v) is 7.25. The molecule has 0 aliphatic carbocycles. The Morgan fingerprint density at radius 2 is 2.07 bits per heavy atom. The summed E-state index contributed by atoms with van der Waals surface area (Å²) in [5.41, 5.74) is 1.18. The molecule has 0 saturated carbocycles. The SMILES string of the molecule is CCNC(=NCC1CCc2nnc(C)n2C1)NC(C)c1ccc(Cl)cc1.I. The molecule has 148 valence electrons. The molecule has 6 nitrogen and oxygen atoms in total. The quantitative estimate of drug-likeness (QED) is 0.371. The molecule has 2 aromatic rings. The van der Waals surface area contributed by atoms with E-state index < -0.39 is 0 Å². The van der Waals surface area contributed by atoms with Crippen LogP contribution in [0.5, 0.6) is 0 Å². The Bertz CT molecular complexity index is 758. The molecule has 0 bridgehead atoms. The summed E-state index contributed by atoms with van der Waals surface area (Å²) in [5.74, 6) is 3.46. The van der Waals surface area contributed by atoms with Gasteiger partial charge in [0.1, 0.15) is 11.6 Å². The zero-order valence-corrected chi connectivity index (χ0v) is 19.2. The van der Waals surface area contributed by atoms with E-state index in [-0.39, 0.29) is 30.0 Å². The summed E-state index contributed by atoms with van der Waals surface area (Å²) < 4.78 is 2.22. The van der Waals surface area contributed by atoms with Crippen molar-refractivity contribution in [3.8, 4) is 0 Å². The number of hydrogen-bond acceptors (Lipinski definition) is 3. The number of rotatable bonds is 5. The molecule has 0 fully saturated rings. The van der Waals surface area contributed by atoms with Gasteiger partial charge in [0, 0.05) is 31.1 Å². The van der Waals surface area contributed by atoms with Crippen molar-refractivity contribution >= 4 is 41.5 Å². The van der Waals surface area contributed by atoms with E-state index in [2.05, 4.69) is 39.2 Å². The molecule has 2 N–H and O–H groups in total. The van der Waals surface area contributed by atoms with Crippen LogP contribution in [0.3, 0.4) is 0 Å². The van der Waals surface area contributed by atoms with Crippen molar-refractivity contribution in [1.29, 1.82) is 0 Å². The number of benzene rings is 1. The van der Waals surface area contributed by atoms with Crippen LogP contribution in [-0.2, 0) is 13.0 Å². The highest BCUT2D eigenvalue weighted by Crippen LogP contribution is 2.20. The summed E-state index contributed by atoms with van der Waals surface area (Å²) >= 11 is 5.98. The van der Waals surface area contributed by atoms with Gasteiger partial charge in [-0.1, -0.05) is 23.7 Å². The Balaban J connectivity index is 0.00000261. The van der Waals surface area contributed by atoms with Crippen molar-refractivity contribution in [3.63, 3.8) is 0 Å². The first-order chi connectivity index (χ1) is 12.6. The van der Waals surface area contributed by atoms with E-state index in [1.807, 2.05) is 31.2 Å². The minimum absolute atomic E-state index is 0. The van der Waals surface area contributed by atoms with Crippen LogP contribution >= 0.6 is 35.6 Å². The van der Waals surface area contributed by atoms with Crippen LogP contribution in [0.4, 0.5) is 0 Å². The van der Waals surface area contributed by atoms with E-state index in [1.54, 1.807) is 0 Å². The molecule has 8 heteroatoms. The molecule has 0 radical (unpaired) electrons. The number of nitrogens with one attached hydrogen (secondary N) is 2. The number of guanidine groups is 1. The maximum absolute atomic E-state index is 5.98. The smallest absolute Gasteiger partial charge is 0.191 e. The van der Waals surface area contributed by atoms with Crippen LogP contribution in [0.15, 0.2) is 29.3 Å². The first kappa shape index (κ1) is 21.9. The summed E-state index contributed by atoms with van der Waals surface area (Å²) in [6, 6.07) is 8.07. The first-order valence-electron chi connectivity index (χ1n) is 9.25. The topological polar surface area (TPSA) is 67.1 Å². The first-order valence-corrected chi connectivity index (χ1v) is 9.63. The van der Waals surface area contributed by atoms with Gasteiger partial charge in [0.05, 0.1) is 6.04 Å². The molecule has 1 aromatic carbocycles. The van der Waals surface area contributed by atoms with Gasteiger partial charge < -0.3 is 15.2 Å². The number of halogens is 2. The van der Waals surface area contributed by atoms with Gasteiger partial charge in [0.15, 0.2) is 5.96 Å². The lowest BCUT2D eigenvalue weighted by atomic mass is 9.99. The van der Waals surface area contributed by atoms with Gasteiger partial charge in [-0.3, -0.25) is 4.99 Å². The van der Waals surface area contributed by atoms with Crippen molar-refractivity contribution in [2.75, 3.05) is 13.1 Å². The number of aromatic nitrogens is 3. The third-order valence-corrected chi connectivity index (χ3v) is 5.06. The fraction of sp³-hybridized carbons (Fsp3) is 0.526. The highest BCUT2D eigenvalue weighted by molar-refractivity contribution is 14.0. The van der Waals surface area contributed by atoms with Gasteiger partial charge in [-0.25, -0.2) is 0 Å². The Morgan fingerprint density at radius 3 is 2.78 bits per heavy atom. The third kappa shape index (κ3) is 5.81. The average Bonchev–Trinajstić information content (AvgIpc) is 3.01.